The van der Waals surface area contributed by atoms with Gasteiger partial charge in [-0.15, -0.1) is 0 Å². The number of aromatic nitrogens is 1. The van der Waals surface area contributed by atoms with E-state index in [1.54, 1.807) is 37.6 Å². The molecule has 0 aliphatic carbocycles. The molecule has 0 saturated heterocycles. The number of hydrazone groups is 1. The van der Waals surface area contributed by atoms with Crippen molar-refractivity contribution in [1.29, 1.82) is 0 Å². The van der Waals surface area contributed by atoms with Gasteiger partial charge >= 0.3 is 0 Å². The van der Waals surface area contributed by atoms with Crippen molar-refractivity contribution >= 4 is 38.8 Å². The second-order valence-corrected chi connectivity index (χ2v) is 8.07. The summed E-state index contributed by atoms with van der Waals surface area (Å²) in [6, 6.07) is 20.5. The first kappa shape index (κ1) is 21.5. The average molecular weight is 446 g/mol. The van der Waals surface area contributed by atoms with Gasteiger partial charge in [-0.3, -0.25) is 4.79 Å². The lowest BCUT2D eigenvalue weighted by molar-refractivity contribution is 0.0988. The first-order valence-electron chi connectivity index (χ1n) is 10.2. The van der Waals surface area contributed by atoms with Crippen molar-refractivity contribution in [1.82, 2.24) is 4.98 Å². The fraction of sp³-hybridized carbons (Fsp3) is 0.160. The standard InChI is InChI=1S/C25H23N3O3S/c1-4-31-21-10-6-18(7-11-21)16-26-28(24(29)19-8-12-20(30-3)13-9-19)25-27-22-14-5-17(2)15-23(22)32-25/h5-16H,4H2,1-3H3/b26-16+. The Kier molecular flexibility index (Phi) is 6.47. The summed E-state index contributed by atoms with van der Waals surface area (Å²) in [7, 11) is 1.59. The van der Waals surface area contributed by atoms with Crippen molar-refractivity contribution in [3.05, 3.63) is 83.4 Å². The second-order valence-electron chi connectivity index (χ2n) is 7.06. The minimum absolute atomic E-state index is 0.273. The molecule has 0 unspecified atom stereocenters. The summed E-state index contributed by atoms with van der Waals surface area (Å²) >= 11 is 1.43. The Hall–Kier alpha value is -3.71. The molecular formula is C25H23N3O3S. The van der Waals surface area contributed by atoms with E-state index in [2.05, 4.69) is 16.2 Å². The number of carbonyl (C=O) groups excluding carboxylic acids is 1. The Morgan fingerprint density at radius 1 is 1.06 bits per heavy atom. The smallest absolute Gasteiger partial charge is 0.280 e. The van der Waals surface area contributed by atoms with Crippen molar-refractivity contribution in [2.75, 3.05) is 18.7 Å². The minimum atomic E-state index is -0.273. The fourth-order valence-electron chi connectivity index (χ4n) is 3.10. The van der Waals surface area contributed by atoms with E-state index in [0.29, 0.717) is 23.1 Å². The molecule has 0 aliphatic rings. The lowest BCUT2D eigenvalue weighted by Gasteiger charge is -2.14. The topological polar surface area (TPSA) is 64.0 Å². The molecule has 0 N–H and O–H groups in total. The third-order valence-electron chi connectivity index (χ3n) is 4.76. The number of fused-ring (bicyclic) bond motifs is 1. The van der Waals surface area contributed by atoms with Crippen molar-refractivity contribution < 1.29 is 14.3 Å². The Balaban J connectivity index is 1.69. The van der Waals surface area contributed by atoms with E-state index in [-0.39, 0.29) is 5.91 Å². The number of amides is 1. The van der Waals surface area contributed by atoms with Crippen LogP contribution in [0.3, 0.4) is 0 Å². The van der Waals surface area contributed by atoms with Crippen LogP contribution in [0.4, 0.5) is 5.13 Å². The van der Waals surface area contributed by atoms with Gasteiger partial charge in [0.15, 0.2) is 0 Å². The van der Waals surface area contributed by atoms with E-state index in [1.807, 2.05) is 50.2 Å². The molecule has 4 rings (SSSR count). The minimum Gasteiger partial charge on any atom is -0.497 e. The molecule has 0 aliphatic heterocycles. The van der Waals surface area contributed by atoms with Crippen molar-refractivity contribution in [2.24, 2.45) is 5.10 Å². The number of benzene rings is 3. The van der Waals surface area contributed by atoms with Crippen LogP contribution in [0.15, 0.2) is 71.8 Å². The monoisotopic (exact) mass is 445 g/mol. The zero-order chi connectivity index (χ0) is 22.5. The van der Waals surface area contributed by atoms with Gasteiger partial charge < -0.3 is 9.47 Å². The molecule has 162 valence electrons. The largest absolute Gasteiger partial charge is 0.497 e. The summed E-state index contributed by atoms with van der Waals surface area (Å²) in [6.07, 6.45) is 1.65. The molecule has 0 fully saturated rings. The van der Waals surface area contributed by atoms with Crippen molar-refractivity contribution in [3.63, 3.8) is 0 Å². The number of hydrogen-bond donors (Lipinski definition) is 0. The maximum Gasteiger partial charge on any atom is 0.280 e. The average Bonchev–Trinajstić information content (AvgIpc) is 3.23. The third-order valence-corrected chi connectivity index (χ3v) is 5.75. The SMILES string of the molecule is CCOc1ccc(/C=N/N(C(=O)c2ccc(OC)cc2)c2nc3ccc(C)cc3s2)cc1. The lowest BCUT2D eigenvalue weighted by atomic mass is 10.2. The summed E-state index contributed by atoms with van der Waals surface area (Å²) < 4.78 is 11.7. The molecular weight excluding hydrogens is 422 g/mol. The van der Waals surface area contributed by atoms with Crippen LogP contribution in [-0.4, -0.2) is 30.8 Å². The molecule has 1 aromatic heterocycles. The highest BCUT2D eigenvalue weighted by atomic mass is 32.1. The van der Waals surface area contributed by atoms with Crippen molar-refractivity contribution in [2.45, 2.75) is 13.8 Å². The summed E-state index contributed by atoms with van der Waals surface area (Å²) in [5.74, 6) is 1.20. The van der Waals surface area contributed by atoms with Gasteiger partial charge in [-0.1, -0.05) is 17.4 Å². The fourth-order valence-corrected chi connectivity index (χ4v) is 4.12. The van der Waals surface area contributed by atoms with Gasteiger partial charge in [0.2, 0.25) is 5.13 Å². The number of aryl methyl sites for hydroxylation is 1. The first-order valence-corrected chi connectivity index (χ1v) is 11.0. The molecule has 3 aromatic carbocycles. The molecule has 0 spiro atoms. The van der Waals surface area contributed by atoms with Gasteiger partial charge in [-0.25, -0.2) is 4.98 Å². The number of methoxy groups -OCH3 is 1. The summed E-state index contributed by atoms with van der Waals surface area (Å²) in [5, 5.41) is 6.36. The predicted octanol–water partition coefficient (Wildman–Crippen LogP) is 5.69. The predicted molar refractivity (Wildman–Crippen MR) is 129 cm³/mol. The molecule has 7 heteroatoms. The number of nitrogens with zero attached hydrogens (tertiary/aromatic N) is 3. The van der Waals surface area contributed by atoms with E-state index in [9.17, 15) is 4.79 Å². The van der Waals surface area contributed by atoms with Crippen LogP contribution < -0.4 is 14.5 Å². The molecule has 4 aromatic rings. The Morgan fingerprint density at radius 3 is 2.47 bits per heavy atom. The quantitative estimate of drug-likeness (QED) is 0.271. The van der Waals surface area contributed by atoms with Crippen molar-refractivity contribution in [3.8, 4) is 11.5 Å². The van der Waals surface area contributed by atoms with E-state index in [0.717, 1.165) is 27.1 Å². The Morgan fingerprint density at radius 2 is 1.78 bits per heavy atom. The molecule has 0 radical (unpaired) electrons. The second kappa shape index (κ2) is 9.62. The van der Waals surface area contributed by atoms with Crippen LogP contribution >= 0.6 is 11.3 Å². The van der Waals surface area contributed by atoms with Gasteiger partial charge in [-0.05, 0) is 85.6 Å². The molecule has 32 heavy (non-hydrogen) atoms. The summed E-state index contributed by atoms with van der Waals surface area (Å²) in [6.45, 7) is 4.58. The lowest BCUT2D eigenvalue weighted by Crippen LogP contribution is -2.25. The number of rotatable bonds is 7. The van der Waals surface area contributed by atoms with Crippen LogP contribution in [0.25, 0.3) is 10.2 Å². The highest BCUT2D eigenvalue weighted by molar-refractivity contribution is 7.22. The molecule has 1 heterocycles. The maximum absolute atomic E-state index is 13.4. The van der Waals surface area contributed by atoms with Gasteiger partial charge in [0.25, 0.3) is 5.91 Å². The van der Waals surface area contributed by atoms with Crippen LogP contribution in [0.2, 0.25) is 0 Å². The van der Waals surface area contributed by atoms with Gasteiger partial charge in [0.05, 0.1) is 30.1 Å². The number of thiazole rings is 1. The zero-order valence-corrected chi connectivity index (χ0v) is 18.9. The van der Waals surface area contributed by atoms with Crippen LogP contribution in [0.5, 0.6) is 11.5 Å². The van der Waals surface area contributed by atoms with Crippen LogP contribution in [0.1, 0.15) is 28.4 Å². The Bertz CT molecular complexity index is 1250. The maximum atomic E-state index is 13.4. The molecule has 6 nitrogen and oxygen atoms in total. The van der Waals surface area contributed by atoms with E-state index in [4.69, 9.17) is 9.47 Å². The number of carbonyl (C=O) groups is 1. The summed E-state index contributed by atoms with van der Waals surface area (Å²) in [4.78, 5) is 18.0. The third kappa shape index (κ3) is 4.78. The van der Waals surface area contributed by atoms with Gasteiger partial charge in [0.1, 0.15) is 11.5 Å². The van der Waals surface area contributed by atoms with Crippen LogP contribution in [-0.2, 0) is 0 Å². The number of anilines is 1. The molecule has 0 bridgehead atoms. The zero-order valence-electron chi connectivity index (χ0n) is 18.1. The highest BCUT2D eigenvalue weighted by Gasteiger charge is 2.21. The molecule has 0 atom stereocenters. The number of ether oxygens (including phenoxy) is 2. The number of hydrogen-bond acceptors (Lipinski definition) is 6. The Labute approximate surface area is 190 Å². The van der Waals surface area contributed by atoms with Crippen LogP contribution in [0, 0.1) is 6.92 Å². The van der Waals surface area contributed by atoms with E-state index in [1.165, 1.54) is 16.3 Å². The molecule has 1 amide bonds. The van der Waals surface area contributed by atoms with E-state index >= 15 is 0 Å². The van der Waals surface area contributed by atoms with E-state index < -0.39 is 0 Å². The van der Waals surface area contributed by atoms with Gasteiger partial charge in [0, 0.05) is 5.56 Å². The first-order chi connectivity index (χ1) is 15.6. The van der Waals surface area contributed by atoms with Gasteiger partial charge in [-0.2, -0.15) is 10.1 Å². The molecule has 0 saturated carbocycles. The normalized spacial score (nSPS) is 11.1. The summed E-state index contributed by atoms with van der Waals surface area (Å²) in [5.41, 5.74) is 3.31. The highest BCUT2D eigenvalue weighted by Crippen LogP contribution is 2.31.